The van der Waals surface area contributed by atoms with E-state index in [1.165, 1.54) is 24.9 Å². The van der Waals surface area contributed by atoms with Crippen LogP contribution < -0.4 is 13.8 Å². The van der Waals surface area contributed by atoms with E-state index in [-0.39, 0.29) is 41.0 Å². The fourth-order valence-electron chi connectivity index (χ4n) is 4.54. The van der Waals surface area contributed by atoms with Crippen molar-refractivity contribution >= 4 is 97.2 Å². The molecule has 0 fully saturated rings. The molecule has 3 nitrogen and oxygen atoms in total. The fraction of sp³-hybridized carbons (Fsp3) is 0. The topological polar surface area (TPSA) is 37.4 Å². The van der Waals surface area contributed by atoms with Crippen LogP contribution in [0.15, 0.2) is 88.3 Å². The van der Waals surface area contributed by atoms with Crippen LogP contribution in [-0.2, 0) is 0 Å². The maximum absolute atomic E-state index is 13.2. The van der Waals surface area contributed by atoms with Gasteiger partial charge in [-0.1, -0.05) is 0 Å². The Morgan fingerprint density at radius 3 is 1.91 bits per heavy atom. The Labute approximate surface area is 214 Å². The molecule has 162 valence electrons. The Bertz CT molecular complexity index is 1590. The summed E-state index contributed by atoms with van der Waals surface area (Å²) in [4.78, 5) is 33.0. The van der Waals surface area contributed by atoms with Crippen molar-refractivity contribution < 1.29 is 9.59 Å². The number of anilines is 3. The average Bonchev–Trinajstić information content (AvgIpc) is 3.57. The monoisotopic (exact) mass is 637 g/mol. The molecule has 0 unspecified atom stereocenters. The summed E-state index contributed by atoms with van der Waals surface area (Å²) < 4.78 is 5.01. The Morgan fingerprint density at radius 1 is 0.706 bits per heavy atom. The van der Waals surface area contributed by atoms with Crippen molar-refractivity contribution in [2.75, 3.05) is 4.90 Å². The minimum absolute atomic E-state index is 0.0151. The Morgan fingerprint density at radius 2 is 1.29 bits per heavy atom. The van der Waals surface area contributed by atoms with Gasteiger partial charge in [-0.15, -0.1) is 0 Å². The number of para-hydroxylation sites is 2. The third kappa shape index (κ3) is 3.16. The molecule has 1 aliphatic heterocycles. The van der Waals surface area contributed by atoms with E-state index in [0.717, 1.165) is 15.2 Å². The van der Waals surface area contributed by atoms with E-state index in [9.17, 15) is 9.59 Å². The first-order chi connectivity index (χ1) is 16.7. The van der Waals surface area contributed by atoms with Crippen LogP contribution in [0.3, 0.4) is 0 Å². The van der Waals surface area contributed by atoms with Gasteiger partial charge in [0.1, 0.15) is 0 Å². The summed E-state index contributed by atoms with van der Waals surface area (Å²) in [6.45, 7) is 0. The van der Waals surface area contributed by atoms with Crippen LogP contribution in [0, 0.1) is 0 Å². The summed E-state index contributed by atoms with van der Waals surface area (Å²) in [5.41, 5.74) is 3.88. The molecule has 5 aromatic rings. The van der Waals surface area contributed by atoms with Crippen LogP contribution in [0.2, 0.25) is 0 Å². The first kappa shape index (κ1) is 20.7. The van der Waals surface area contributed by atoms with Gasteiger partial charge in [-0.25, -0.2) is 0 Å². The summed E-state index contributed by atoms with van der Waals surface area (Å²) in [6, 6.07) is 25.2. The zero-order valence-electron chi connectivity index (χ0n) is 17.6. The summed E-state index contributed by atoms with van der Waals surface area (Å²) in [5.74, 6) is -0.283. The van der Waals surface area contributed by atoms with E-state index in [4.69, 9.17) is 0 Å². The van der Waals surface area contributed by atoms with Crippen LogP contribution in [0.5, 0.6) is 0 Å². The van der Waals surface area contributed by atoms with Crippen molar-refractivity contribution in [3.8, 4) is 0 Å². The van der Waals surface area contributed by atoms with Crippen molar-refractivity contribution in [1.82, 2.24) is 0 Å². The zero-order valence-corrected chi connectivity index (χ0v) is 22.8. The molecule has 0 saturated heterocycles. The molecule has 7 rings (SSSR count). The second-order valence-corrected chi connectivity index (χ2v) is 14.3. The van der Waals surface area contributed by atoms with Crippen molar-refractivity contribution in [1.29, 1.82) is 0 Å². The van der Waals surface area contributed by atoms with Crippen LogP contribution in [0.1, 0.15) is 25.2 Å². The molecular formula is C28H15NO2Se3. The molecule has 0 N–H and O–H groups in total. The predicted octanol–water partition coefficient (Wildman–Crippen LogP) is 3.85. The number of nitrogens with zero attached hydrogens (tertiary/aromatic N) is 1. The normalized spacial score (nSPS) is 14.4. The van der Waals surface area contributed by atoms with Crippen LogP contribution in [0.4, 0.5) is 15.9 Å². The third-order valence-corrected chi connectivity index (χ3v) is 12.3. The number of carbonyl (C=O) groups is 2. The van der Waals surface area contributed by atoms with Crippen molar-refractivity contribution in [2.24, 2.45) is 0 Å². The van der Waals surface area contributed by atoms with Gasteiger partial charge in [0.2, 0.25) is 0 Å². The van der Waals surface area contributed by atoms with E-state index in [2.05, 4.69) is 75.4 Å². The van der Waals surface area contributed by atoms with E-state index in [0.29, 0.717) is 31.2 Å². The number of hydrogen-bond acceptors (Lipinski definition) is 3. The van der Waals surface area contributed by atoms with E-state index < -0.39 is 0 Å². The summed E-state index contributed by atoms with van der Waals surface area (Å²) in [5, 5.41) is 2.16. The second-order valence-electron chi connectivity index (χ2n) is 8.16. The first-order valence-electron chi connectivity index (χ1n) is 10.7. The van der Waals surface area contributed by atoms with Gasteiger partial charge in [0.15, 0.2) is 0 Å². The summed E-state index contributed by atoms with van der Waals surface area (Å²) in [7, 11) is 0. The van der Waals surface area contributed by atoms with Gasteiger partial charge in [-0.3, -0.25) is 0 Å². The van der Waals surface area contributed by atoms with Gasteiger partial charge in [0.25, 0.3) is 0 Å². The number of hydrogen-bond donors (Lipinski definition) is 0. The number of rotatable bonds is 2. The third-order valence-electron chi connectivity index (χ3n) is 6.14. The standard InChI is InChI=1S/C28H15NO2Se3/c30-27-19-11-16-14-32-15-17(16)12-20(19)28(31)21(27)13-18-9-10-26(33-18)29-22-5-1-3-7-24(22)34-25-8-4-2-6-23(25)29/h1-15H. The molecular weight excluding hydrogens is 619 g/mol. The number of fused-ring (bicyclic) bond motifs is 4. The molecule has 3 heterocycles. The molecule has 2 aliphatic rings. The summed E-state index contributed by atoms with van der Waals surface area (Å²) >= 11 is 0.575. The first-order valence-corrected chi connectivity index (χ1v) is 16.1. The van der Waals surface area contributed by atoms with E-state index >= 15 is 0 Å². The molecule has 0 atom stereocenters. The van der Waals surface area contributed by atoms with Gasteiger partial charge in [0.05, 0.1) is 0 Å². The SMILES string of the molecule is O=C1C(=Cc2ccc(N3c4ccccc4[Se]c4ccccc43)[se]2)C(=O)c2cc3c[se]cc3cc21. The van der Waals surface area contributed by atoms with Crippen LogP contribution in [0.25, 0.3) is 16.8 Å². The van der Waals surface area contributed by atoms with Gasteiger partial charge in [-0.05, 0) is 0 Å². The molecule has 0 bridgehead atoms. The van der Waals surface area contributed by atoms with Crippen LogP contribution >= 0.6 is 0 Å². The molecule has 0 saturated carbocycles. The van der Waals surface area contributed by atoms with Gasteiger partial charge in [0, 0.05) is 0 Å². The van der Waals surface area contributed by atoms with Crippen molar-refractivity contribution in [3.63, 3.8) is 0 Å². The van der Waals surface area contributed by atoms with Gasteiger partial charge in [-0.2, -0.15) is 0 Å². The number of allylic oxidation sites excluding steroid dienone is 1. The molecule has 1 aliphatic carbocycles. The quantitative estimate of drug-likeness (QED) is 0.165. The fourth-order valence-corrected chi connectivity index (χ4v) is 10.4. The molecule has 34 heavy (non-hydrogen) atoms. The number of benzene rings is 3. The molecule has 2 aromatic heterocycles. The van der Waals surface area contributed by atoms with E-state index in [1.807, 2.05) is 18.2 Å². The molecule has 0 spiro atoms. The predicted molar refractivity (Wildman–Crippen MR) is 141 cm³/mol. The Balaban J connectivity index is 1.30. The number of ketones is 2. The van der Waals surface area contributed by atoms with Gasteiger partial charge < -0.3 is 0 Å². The second kappa shape index (κ2) is 7.93. The molecule has 3 aromatic carbocycles. The Hall–Kier alpha value is -2.68. The van der Waals surface area contributed by atoms with Gasteiger partial charge >= 0.3 is 216 Å². The van der Waals surface area contributed by atoms with Crippen LogP contribution in [-0.4, -0.2) is 55.5 Å². The Kier molecular flexibility index (Phi) is 4.82. The molecule has 0 radical (unpaired) electrons. The number of Topliss-reactive ketones (excluding diaryl/α,β-unsaturated/α-hetero) is 2. The zero-order chi connectivity index (χ0) is 22.8. The molecule has 6 heteroatoms. The molecule has 0 amide bonds. The van der Waals surface area contributed by atoms with E-state index in [1.54, 1.807) is 0 Å². The van der Waals surface area contributed by atoms with Crippen molar-refractivity contribution in [3.05, 3.63) is 104 Å². The minimum atomic E-state index is -0.142. The number of carbonyl (C=O) groups excluding carboxylic acids is 2. The van der Waals surface area contributed by atoms with Crippen molar-refractivity contribution in [2.45, 2.75) is 0 Å². The maximum atomic E-state index is 13.2. The average molecular weight is 634 g/mol. The summed E-state index contributed by atoms with van der Waals surface area (Å²) in [6.07, 6.45) is 1.84.